The molecule has 1 aromatic rings. The van der Waals surface area contributed by atoms with E-state index in [9.17, 15) is 15.0 Å². The first kappa shape index (κ1) is 15.9. The van der Waals surface area contributed by atoms with Gasteiger partial charge >= 0.3 is 5.97 Å². The lowest BCUT2D eigenvalue weighted by molar-refractivity contribution is -0.0294. The van der Waals surface area contributed by atoms with Crippen LogP contribution in [0.15, 0.2) is 6.07 Å². The number of aromatic hydroxyl groups is 1. The molecular weight excluding hydrogens is 304 g/mol. The zero-order valence-electron chi connectivity index (χ0n) is 13.2. The van der Waals surface area contributed by atoms with Crippen LogP contribution in [-0.2, 0) is 9.47 Å². The van der Waals surface area contributed by atoms with Gasteiger partial charge in [-0.1, -0.05) is 0 Å². The van der Waals surface area contributed by atoms with Crippen molar-refractivity contribution >= 4 is 5.97 Å². The first-order valence-electron chi connectivity index (χ1n) is 7.48. The number of esters is 1. The molecule has 23 heavy (non-hydrogen) atoms. The Hall–Kier alpha value is -1.99. The quantitative estimate of drug-likeness (QED) is 0.811. The van der Waals surface area contributed by atoms with E-state index in [1.54, 1.807) is 13.0 Å². The van der Waals surface area contributed by atoms with E-state index in [-0.39, 0.29) is 23.2 Å². The lowest BCUT2D eigenvalue weighted by Gasteiger charge is -2.28. The molecule has 2 aliphatic heterocycles. The van der Waals surface area contributed by atoms with E-state index in [2.05, 4.69) is 0 Å². The number of phenols is 1. The van der Waals surface area contributed by atoms with E-state index in [0.29, 0.717) is 24.2 Å². The molecule has 0 saturated carbocycles. The number of aliphatic hydroxyl groups is 1. The summed E-state index contributed by atoms with van der Waals surface area (Å²) in [5, 5.41) is 19.9. The van der Waals surface area contributed by atoms with Crippen LogP contribution in [0.5, 0.6) is 17.2 Å². The van der Waals surface area contributed by atoms with E-state index < -0.39 is 24.3 Å². The Balaban J connectivity index is 2.03. The highest BCUT2D eigenvalue weighted by Gasteiger charge is 2.46. The summed E-state index contributed by atoms with van der Waals surface area (Å²) in [4.78, 5) is 12.3. The smallest absolute Gasteiger partial charge is 0.342 e. The molecule has 0 aromatic heterocycles. The third kappa shape index (κ3) is 2.60. The molecule has 2 heterocycles. The molecule has 0 aliphatic carbocycles. The number of aliphatic hydroxyl groups excluding tert-OH is 1. The number of methoxy groups -OCH3 is 2. The Morgan fingerprint density at radius 1 is 1.39 bits per heavy atom. The van der Waals surface area contributed by atoms with Crippen molar-refractivity contribution in [2.45, 2.75) is 44.2 Å². The molecule has 2 N–H and O–H groups in total. The highest BCUT2D eigenvalue weighted by Crippen LogP contribution is 2.49. The predicted molar refractivity (Wildman–Crippen MR) is 78.9 cm³/mol. The number of fused-ring (bicyclic) bond motifs is 3. The SMILES string of the molecule is COc1cc2c(c(O)c1OC)C(=O)O[C@H]1C[C@@H](C[C@@H](C)O)O[C@@H]21. The van der Waals surface area contributed by atoms with Gasteiger partial charge in [0.05, 0.1) is 26.4 Å². The molecule has 0 radical (unpaired) electrons. The molecule has 0 unspecified atom stereocenters. The molecule has 1 saturated heterocycles. The average Bonchev–Trinajstić information content (AvgIpc) is 2.87. The number of hydrogen-bond acceptors (Lipinski definition) is 7. The molecular formula is C16H20O7. The van der Waals surface area contributed by atoms with Gasteiger partial charge in [0, 0.05) is 12.0 Å². The molecule has 0 amide bonds. The van der Waals surface area contributed by atoms with E-state index in [0.717, 1.165) is 0 Å². The summed E-state index contributed by atoms with van der Waals surface area (Å²) >= 11 is 0. The van der Waals surface area contributed by atoms with Crippen molar-refractivity contribution in [3.63, 3.8) is 0 Å². The zero-order valence-corrected chi connectivity index (χ0v) is 13.2. The van der Waals surface area contributed by atoms with Crippen LogP contribution >= 0.6 is 0 Å². The van der Waals surface area contributed by atoms with Gasteiger partial charge in [-0.25, -0.2) is 4.79 Å². The van der Waals surface area contributed by atoms with Crippen LogP contribution in [0.2, 0.25) is 0 Å². The maximum absolute atomic E-state index is 12.3. The van der Waals surface area contributed by atoms with Crippen LogP contribution in [0, 0.1) is 0 Å². The molecule has 0 bridgehead atoms. The standard InChI is InChI=1S/C16H20O7/c1-7(17)4-8-5-11-14(22-8)9-6-10(20-2)15(21-3)13(18)12(9)16(19)23-11/h6-8,11,14,17-18H,4-5H2,1-3H3/t7-,8-,11+,14+/m1/s1. The fourth-order valence-electron chi connectivity index (χ4n) is 3.28. The third-order valence-electron chi connectivity index (χ3n) is 4.22. The minimum Gasteiger partial charge on any atom is -0.504 e. The van der Waals surface area contributed by atoms with Crippen LogP contribution in [0.3, 0.4) is 0 Å². The highest BCUT2D eigenvalue weighted by atomic mass is 16.6. The number of carbonyl (C=O) groups is 1. The predicted octanol–water partition coefficient (Wildman–Crippen LogP) is 1.55. The van der Waals surface area contributed by atoms with Gasteiger partial charge in [-0.2, -0.15) is 0 Å². The minimum atomic E-state index is -0.610. The van der Waals surface area contributed by atoms with Gasteiger partial charge in [-0.3, -0.25) is 0 Å². The summed E-state index contributed by atoms with van der Waals surface area (Å²) in [5.74, 6) is -0.520. The second-order valence-electron chi connectivity index (χ2n) is 5.87. The Bertz CT molecular complexity index is 625. The normalized spacial score (nSPS) is 27.0. The Labute approximate surface area is 133 Å². The topological polar surface area (TPSA) is 94.5 Å². The second-order valence-corrected chi connectivity index (χ2v) is 5.87. The van der Waals surface area contributed by atoms with Gasteiger partial charge in [-0.05, 0) is 19.4 Å². The lowest BCUT2D eigenvalue weighted by atomic mass is 9.93. The lowest BCUT2D eigenvalue weighted by Crippen LogP contribution is -2.29. The fourth-order valence-corrected chi connectivity index (χ4v) is 3.28. The number of benzene rings is 1. The van der Waals surface area contributed by atoms with Crippen molar-refractivity contribution < 1.29 is 34.0 Å². The molecule has 2 aliphatic rings. The summed E-state index contributed by atoms with van der Waals surface area (Å²) in [6.45, 7) is 1.69. The summed E-state index contributed by atoms with van der Waals surface area (Å²) < 4.78 is 21.7. The van der Waals surface area contributed by atoms with Crippen LogP contribution in [0.4, 0.5) is 0 Å². The number of rotatable bonds is 4. The summed E-state index contributed by atoms with van der Waals surface area (Å²) in [5.41, 5.74) is 0.566. The van der Waals surface area contributed by atoms with Gasteiger partial charge in [0.2, 0.25) is 5.75 Å². The molecule has 7 nitrogen and oxygen atoms in total. The van der Waals surface area contributed by atoms with Crippen molar-refractivity contribution in [1.82, 2.24) is 0 Å². The van der Waals surface area contributed by atoms with E-state index in [1.165, 1.54) is 14.2 Å². The van der Waals surface area contributed by atoms with Gasteiger partial charge in [0.25, 0.3) is 0 Å². The maximum atomic E-state index is 12.3. The van der Waals surface area contributed by atoms with Crippen molar-refractivity contribution in [3.05, 3.63) is 17.2 Å². The maximum Gasteiger partial charge on any atom is 0.342 e. The molecule has 3 rings (SSSR count). The molecule has 1 aromatic carbocycles. The number of carbonyl (C=O) groups excluding carboxylic acids is 1. The molecule has 1 fully saturated rings. The van der Waals surface area contributed by atoms with Crippen molar-refractivity contribution in [3.8, 4) is 17.2 Å². The third-order valence-corrected chi connectivity index (χ3v) is 4.22. The van der Waals surface area contributed by atoms with Gasteiger partial charge in [-0.15, -0.1) is 0 Å². The van der Waals surface area contributed by atoms with Crippen LogP contribution in [-0.4, -0.2) is 48.7 Å². The van der Waals surface area contributed by atoms with Crippen molar-refractivity contribution in [2.24, 2.45) is 0 Å². The number of ether oxygens (including phenoxy) is 4. The van der Waals surface area contributed by atoms with Gasteiger partial charge < -0.3 is 29.2 Å². The molecule has 7 heteroatoms. The highest BCUT2D eigenvalue weighted by molar-refractivity contribution is 5.97. The van der Waals surface area contributed by atoms with Gasteiger partial charge in [0.15, 0.2) is 11.5 Å². The van der Waals surface area contributed by atoms with Crippen molar-refractivity contribution in [1.29, 1.82) is 0 Å². The van der Waals surface area contributed by atoms with E-state index in [1.807, 2.05) is 0 Å². The van der Waals surface area contributed by atoms with Crippen LogP contribution < -0.4 is 9.47 Å². The minimum absolute atomic E-state index is 0.0431. The fraction of sp³-hybridized carbons (Fsp3) is 0.562. The average molecular weight is 324 g/mol. The Kier molecular flexibility index (Phi) is 4.08. The van der Waals surface area contributed by atoms with E-state index in [4.69, 9.17) is 18.9 Å². The van der Waals surface area contributed by atoms with E-state index >= 15 is 0 Å². The monoisotopic (exact) mass is 324 g/mol. The van der Waals surface area contributed by atoms with Crippen molar-refractivity contribution in [2.75, 3.05) is 14.2 Å². The number of phenolic OH excluding ortho intramolecular Hbond substituents is 1. The summed E-state index contributed by atoms with van der Waals surface area (Å²) in [6.07, 6.45) is -0.670. The second kappa shape index (κ2) is 5.90. The van der Waals surface area contributed by atoms with Gasteiger partial charge in [0.1, 0.15) is 17.8 Å². The molecule has 0 spiro atoms. The molecule has 126 valence electrons. The zero-order chi connectivity index (χ0) is 16.7. The Morgan fingerprint density at radius 2 is 2.13 bits per heavy atom. The van der Waals surface area contributed by atoms with Crippen LogP contribution in [0.1, 0.15) is 41.8 Å². The number of hydrogen-bond donors (Lipinski definition) is 2. The largest absolute Gasteiger partial charge is 0.504 e. The first-order chi connectivity index (χ1) is 11.0. The summed E-state index contributed by atoms with van der Waals surface area (Å²) in [6, 6.07) is 1.64. The first-order valence-corrected chi connectivity index (χ1v) is 7.48. The summed E-state index contributed by atoms with van der Waals surface area (Å²) in [7, 11) is 2.83. The Morgan fingerprint density at radius 3 is 2.74 bits per heavy atom. The molecule has 4 atom stereocenters. The van der Waals surface area contributed by atoms with Crippen LogP contribution in [0.25, 0.3) is 0 Å².